The van der Waals surface area contributed by atoms with Crippen molar-refractivity contribution in [1.29, 1.82) is 0 Å². The van der Waals surface area contributed by atoms with Crippen LogP contribution in [0.2, 0.25) is 0 Å². The van der Waals surface area contributed by atoms with Crippen LogP contribution >= 0.6 is 0 Å². The van der Waals surface area contributed by atoms with Crippen molar-refractivity contribution < 1.29 is 30.3 Å². The van der Waals surface area contributed by atoms with Crippen LogP contribution in [0.5, 0.6) is 0 Å². The Morgan fingerprint density at radius 3 is 2.10 bits per heavy atom. The van der Waals surface area contributed by atoms with Gasteiger partial charge < -0.3 is 30.8 Å². The van der Waals surface area contributed by atoms with Gasteiger partial charge in [0.05, 0.1) is 18.6 Å². The van der Waals surface area contributed by atoms with Gasteiger partial charge in [0.15, 0.2) is 6.29 Å². The molecule has 0 saturated carbocycles. The number of carbonyl (C=O) groups is 1. The van der Waals surface area contributed by atoms with Crippen LogP contribution in [0.15, 0.2) is 0 Å². The van der Waals surface area contributed by atoms with E-state index < -0.39 is 24.4 Å². The second-order valence-corrected chi connectivity index (χ2v) is 6.01. The fraction of sp³-hybridized carbons (Fsp3) is 0.923. The van der Waals surface area contributed by atoms with E-state index in [-0.39, 0.29) is 30.9 Å². The standard InChI is InChI=1S/C13H27NO6/c1-13(2,3)8(5-7-15)11(18)10(12(19)20)14-6-4-9(16)17/h8,10-12,14-15,18-20H,4-7H2,1-3H3,(H,16,17). The monoisotopic (exact) mass is 293 g/mol. The Morgan fingerprint density at radius 2 is 1.75 bits per heavy atom. The molecule has 0 saturated heterocycles. The molecule has 3 unspecified atom stereocenters. The van der Waals surface area contributed by atoms with Crippen molar-refractivity contribution in [2.45, 2.75) is 52.0 Å². The Balaban J connectivity index is 4.82. The Labute approximate surface area is 119 Å². The van der Waals surface area contributed by atoms with E-state index in [1.165, 1.54) is 0 Å². The van der Waals surface area contributed by atoms with E-state index in [1.54, 1.807) is 0 Å². The molecule has 0 aromatic rings. The molecule has 0 amide bonds. The van der Waals surface area contributed by atoms with Gasteiger partial charge in [0.25, 0.3) is 0 Å². The SMILES string of the molecule is CC(C)(C)C(CCO)C(O)C(NCCC(=O)O)C(O)O. The van der Waals surface area contributed by atoms with Gasteiger partial charge in [0, 0.05) is 13.2 Å². The first kappa shape index (κ1) is 19.3. The lowest BCUT2D eigenvalue weighted by Crippen LogP contribution is -2.54. The highest BCUT2D eigenvalue weighted by Crippen LogP contribution is 2.33. The summed E-state index contributed by atoms with van der Waals surface area (Å²) < 4.78 is 0. The van der Waals surface area contributed by atoms with Crippen molar-refractivity contribution in [3.8, 4) is 0 Å². The highest BCUT2D eigenvalue weighted by Gasteiger charge is 2.37. The molecule has 0 bridgehead atoms. The molecule has 7 heteroatoms. The first-order valence-corrected chi connectivity index (χ1v) is 6.71. The third-order valence-corrected chi connectivity index (χ3v) is 3.37. The summed E-state index contributed by atoms with van der Waals surface area (Å²) in [6, 6.07) is -1.06. The van der Waals surface area contributed by atoms with E-state index in [2.05, 4.69) is 5.32 Å². The summed E-state index contributed by atoms with van der Waals surface area (Å²) in [4.78, 5) is 10.5. The maximum Gasteiger partial charge on any atom is 0.304 e. The van der Waals surface area contributed by atoms with Gasteiger partial charge in [0.2, 0.25) is 0 Å². The number of nitrogens with one attached hydrogen (secondary N) is 1. The van der Waals surface area contributed by atoms with Gasteiger partial charge >= 0.3 is 5.97 Å². The maximum absolute atomic E-state index is 10.5. The van der Waals surface area contributed by atoms with Gasteiger partial charge in [-0.25, -0.2) is 0 Å². The molecule has 7 nitrogen and oxygen atoms in total. The molecule has 0 rings (SSSR count). The van der Waals surface area contributed by atoms with Gasteiger partial charge in [-0.2, -0.15) is 0 Å². The van der Waals surface area contributed by atoms with Crippen LogP contribution in [0.25, 0.3) is 0 Å². The summed E-state index contributed by atoms with van der Waals surface area (Å²) in [5.41, 5.74) is -0.343. The predicted octanol–water partition coefficient (Wildman–Crippen LogP) is -0.864. The van der Waals surface area contributed by atoms with Gasteiger partial charge in [-0.05, 0) is 17.8 Å². The Bertz CT molecular complexity index is 289. The second-order valence-electron chi connectivity index (χ2n) is 6.01. The number of aliphatic hydroxyl groups excluding tert-OH is 3. The molecule has 0 radical (unpaired) electrons. The van der Waals surface area contributed by atoms with Crippen molar-refractivity contribution in [2.24, 2.45) is 11.3 Å². The molecule has 20 heavy (non-hydrogen) atoms. The van der Waals surface area contributed by atoms with E-state index in [0.717, 1.165) is 0 Å². The minimum Gasteiger partial charge on any atom is -0.481 e. The largest absolute Gasteiger partial charge is 0.481 e. The van der Waals surface area contributed by atoms with Crippen LogP contribution in [0.1, 0.15) is 33.6 Å². The van der Waals surface area contributed by atoms with Crippen LogP contribution in [-0.4, -0.2) is 63.1 Å². The maximum atomic E-state index is 10.5. The van der Waals surface area contributed by atoms with Gasteiger partial charge in [0.1, 0.15) is 0 Å². The molecule has 0 aliphatic carbocycles. The third-order valence-electron chi connectivity index (χ3n) is 3.37. The summed E-state index contributed by atoms with van der Waals surface area (Å²) in [6.07, 6.45) is -2.80. The quantitative estimate of drug-likeness (QED) is 0.305. The van der Waals surface area contributed by atoms with Crippen molar-refractivity contribution in [1.82, 2.24) is 5.32 Å². The van der Waals surface area contributed by atoms with E-state index >= 15 is 0 Å². The van der Waals surface area contributed by atoms with Crippen LogP contribution in [0, 0.1) is 11.3 Å². The minimum atomic E-state index is -1.82. The number of carboxylic acid groups (broad SMARTS) is 1. The molecule has 0 aromatic heterocycles. The summed E-state index contributed by atoms with van der Waals surface area (Å²) >= 11 is 0. The van der Waals surface area contributed by atoms with E-state index in [9.17, 15) is 20.1 Å². The van der Waals surface area contributed by atoms with Crippen LogP contribution in [0.3, 0.4) is 0 Å². The number of aliphatic hydroxyl groups is 4. The van der Waals surface area contributed by atoms with E-state index in [4.69, 9.17) is 10.2 Å². The third kappa shape index (κ3) is 6.62. The molecule has 6 N–H and O–H groups in total. The van der Waals surface area contributed by atoms with E-state index in [1.807, 2.05) is 20.8 Å². The van der Waals surface area contributed by atoms with Crippen LogP contribution < -0.4 is 5.32 Å². The molecule has 3 atom stereocenters. The Kier molecular flexibility index (Phi) is 8.22. The highest BCUT2D eigenvalue weighted by atomic mass is 16.5. The molecule has 0 aliphatic rings. The fourth-order valence-corrected chi connectivity index (χ4v) is 2.25. The number of carboxylic acids is 1. The topological polar surface area (TPSA) is 130 Å². The van der Waals surface area contributed by atoms with Gasteiger partial charge in [-0.3, -0.25) is 4.79 Å². The summed E-state index contributed by atoms with van der Waals surface area (Å²) in [6.45, 7) is 5.55. The normalized spacial score (nSPS) is 17.0. The summed E-state index contributed by atoms with van der Waals surface area (Å²) in [5, 5.41) is 49.3. The zero-order valence-electron chi connectivity index (χ0n) is 12.3. The fourth-order valence-electron chi connectivity index (χ4n) is 2.25. The molecule has 0 heterocycles. The summed E-state index contributed by atoms with van der Waals surface area (Å²) in [7, 11) is 0. The predicted molar refractivity (Wildman–Crippen MR) is 72.9 cm³/mol. The van der Waals surface area contributed by atoms with Crippen molar-refractivity contribution in [3.63, 3.8) is 0 Å². The number of hydrogen-bond donors (Lipinski definition) is 6. The number of hydrogen-bond acceptors (Lipinski definition) is 6. The molecular formula is C13H27NO6. The Morgan fingerprint density at radius 1 is 1.20 bits per heavy atom. The minimum absolute atomic E-state index is 0.0185. The molecular weight excluding hydrogens is 266 g/mol. The first-order valence-electron chi connectivity index (χ1n) is 6.71. The molecule has 0 aliphatic heterocycles. The summed E-state index contributed by atoms with van der Waals surface area (Å²) in [5.74, 6) is -1.38. The average molecular weight is 293 g/mol. The molecule has 120 valence electrons. The van der Waals surface area contributed by atoms with E-state index in [0.29, 0.717) is 6.42 Å². The second kappa shape index (κ2) is 8.53. The lowest BCUT2D eigenvalue weighted by molar-refractivity contribution is -0.138. The molecule has 0 spiro atoms. The first-order chi connectivity index (χ1) is 9.11. The zero-order valence-corrected chi connectivity index (χ0v) is 12.3. The lowest BCUT2D eigenvalue weighted by Gasteiger charge is -2.38. The Hall–Kier alpha value is -0.730. The van der Waals surface area contributed by atoms with Gasteiger partial charge in [-0.1, -0.05) is 20.8 Å². The van der Waals surface area contributed by atoms with Crippen LogP contribution in [-0.2, 0) is 4.79 Å². The van der Waals surface area contributed by atoms with Crippen molar-refractivity contribution in [3.05, 3.63) is 0 Å². The molecule has 0 fully saturated rings. The average Bonchev–Trinajstić information content (AvgIpc) is 2.28. The van der Waals surface area contributed by atoms with Gasteiger partial charge in [-0.15, -0.1) is 0 Å². The zero-order chi connectivity index (χ0) is 15.9. The highest BCUT2D eigenvalue weighted by molar-refractivity contribution is 5.66. The van der Waals surface area contributed by atoms with Crippen LogP contribution in [0.4, 0.5) is 0 Å². The number of aliphatic carboxylic acids is 1. The smallest absolute Gasteiger partial charge is 0.304 e. The number of rotatable bonds is 9. The lowest BCUT2D eigenvalue weighted by atomic mass is 9.73. The van der Waals surface area contributed by atoms with Crippen molar-refractivity contribution in [2.75, 3.05) is 13.2 Å². The molecule has 0 aromatic carbocycles. The van der Waals surface area contributed by atoms with Crippen molar-refractivity contribution >= 4 is 5.97 Å².